The summed E-state index contributed by atoms with van der Waals surface area (Å²) < 4.78 is 5.10. The van der Waals surface area contributed by atoms with Crippen LogP contribution in [0.2, 0.25) is 0 Å². The summed E-state index contributed by atoms with van der Waals surface area (Å²) in [6, 6.07) is 0. The van der Waals surface area contributed by atoms with Crippen molar-refractivity contribution in [2.45, 2.75) is 19.8 Å². The van der Waals surface area contributed by atoms with Crippen LogP contribution in [0.25, 0.3) is 0 Å². The Labute approximate surface area is 77.8 Å². The van der Waals surface area contributed by atoms with E-state index in [1.165, 1.54) is 0 Å². The van der Waals surface area contributed by atoms with Gasteiger partial charge in [0, 0.05) is 19.5 Å². The summed E-state index contributed by atoms with van der Waals surface area (Å²) in [4.78, 5) is 24.1. The summed E-state index contributed by atoms with van der Waals surface area (Å²) in [6.07, 6.45) is 0.493. The zero-order valence-corrected chi connectivity index (χ0v) is 7.91. The lowest BCUT2D eigenvalue weighted by Crippen LogP contribution is -2.41. The van der Waals surface area contributed by atoms with Crippen LogP contribution in [0.1, 0.15) is 19.8 Å². The maximum Gasteiger partial charge on any atom is 0.230 e. The lowest BCUT2D eigenvalue weighted by Gasteiger charge is -2.26. The first-order chi connectivity index (χ1) is 6.24. The van der Waals surface area contributed by atoms with Gasteiger partial charge in [-0.3, -0.25) is 9.59 Å². The normalized spacial score (nSPS) is 17.2. The standard InChI is InChI=1S/C9H15NO3/c1-2-8(11)7-9(12)10-3-5-13-6-4-10/h2-7H2,1H3. The van der Waals surface area contributed by atoms with Crippen LogP contribution in [0, 0.1) is 0 Å². The minimum absolute atomic E-state index is 0.0106. The van der Waals surface area contributed by atoms with Crippen molar-refractivity contribution in [2.75, 3.05) is 26.3 Å². The molecule has 0 aliphatic carbocycles. The Kier molecular flexibility index (Phi) is 3.89. The van der Waals surface area contributed by atoms with E-state index in [9.17, 15) is 9.59 Å². The highest BCUT2D eigenvalue weighted by atomic mass is 16.5. The quantitative estimate of drug-likeness (QED) is 0.591. The van der Waals surface area contributed by atoms with Crippen LogP contribution in [0.5, 0.6) is 0 Å². The van der Waals surface area contributed by atoms with Crippen molar-refractivity contribution in [2.24, 2.45) is 0 Å². The van der Waals surface area contributed by atoms with E-state index in [1.807, 2.05) is 0 Å². The van der Waals surface area contributed by atoms with Gasteiger partial charge < -0.3 is 9.64 Å². The number of hydrogen-bond donors (Lipinski definition) is 0. The highest BCUT2D eigenvalue weighted by molar-refractivity contribution is 5.97. The Bertz CT molecular complexity index is 197. The molecule has 0 N–H and O–H groups in total. The van der Waals surface area contributed by atoms with E-state index in [2.05, 4.69) is 0 Å². The molecule has 1 fully saturated rings. The van der Waals surface area contributed by atoms with Crippen LogP contribution in [0.15, 0.2) is 0 Å². The largest absolute Gasteiger partial charge is 0.378 e. The van der Waals surface area contributed by atoms with Crippen molar-refractivity contribution in [3.05, 3.63) is 0 Å². The molecule has 1 aliphatic heterocycles. The predicted molar refractivity (Wildman–Crippen MR) is 47.3 cm³/mol. The van der Waals surface area contributed by atoms with Crippen molar-refractivity contribution in [1.82, 2.24) is 4.90 Å². The van der Waals surface area contributed by atoms with Gasteiger partial charge in [-0.1, -0.05) is 6.92 Å². The molecule has 1 saturated heterocycles. The third-order valence-electron chi connectivity index (χ3n) is 2.11. The fraction of sp³-hybridized carbons (Fsp3) is 0.778. The van der Waals surface area contributed by atoms with Gasteiger partial charge in [0.1, 0.15) is 5.78 Å². The van der Waals surface area contributed by atoms with Crippen LogP contribution in [0.3, 0.4) is 0 Å². The molecule has 0 saturated carbocycles. The van der Waals surface area contributed by atoms with Crippen molar-refractivity contribution < 1.29 is 14.3 Å². The molecule has 0 unspecified atom stereocenters. The molecule has 1 aliphatic rings. The number of Topliss-reactive ketones (excluding diaryl/α,β-unsaturated/α-hetero) is 1. The molecule has 0 atom stereocenters. The lowest BCUT2D eigenvalue weighted by molar-refractivity contribution is -0.138. The van der Waals surface area contributed by atoms with Crippen molar-refractivity contribution in [3.8, 4) is 0 Å². The summed E-state index contributed by atoms with van der Waals surface area (Å²) in [5, 5.41) is 0. The van der Waals surface area contributed by atoms with E-state index in [-0.39, 0.29) is 18.1 Å². The molecular weight excluding hydrogens is 170 g/mol. The van der Waals surface area contributed by atoms with Crippen LogP contribution < -0.4 is 0 Å². The molecule has 0 bridgehead atoms. The van der Waals surface area contributed by atoms with E-state index in [1.54, 1.807) is 11.8 Å². The molecule has 0 aromatic rings. The molecule has 13 heavy (non-hydrogen) atoms. The fourth-order valence-electron chi connectivity index (χ4n) is 1.22. The molecule has 4 nitrogen and oxygen atoms in total. The number of nitrogens with zero attached hydrogens (tertiary/aromatic N) is 1. The van der Waals surface area contributed by atoms with Crippen LogP contribution >= 0.6 is 0 Å². The minimum atomic E-state index is -0.0600. The average molecular weight is 185 g/mol. The Morgan fingerprint density at radius 3 is 2.46 bits per heavy atom. The molecule has 0 aromatic carbocycles. The molecular formula is C9H15NO3. The van der Waals surface area contributed by atoms with Crippen LogP contribution in [0.4, 0.5) is 0 Å². The molecule has 1 rings (SSSR count). The average Bonchev–Trinajstić information content (AvgIpc) is 2.19. The molecule has 0 aromatic heterocycles. The number of ether oxygens (including phenoxy) is 1. The van der Waals surface area contributed by atoms with Gasteiger partial charge in [0.2, 0.25) is 5.91 Å². The van der Waals surface area contributed by atoms with Gasteiger partial charge in [0.25, 0.3) is 0 Å². The molecule has 1 heterocycles. The summed E-state index contributed by atoms with van der Waals surface area (Å²) in [7, 11) is 0. The second-order valence-electron chi connectivity index (χ2n) is 3.06. The monoisotopic (exact) mass is 185 g/mol. The number of carbonyl (C=O) groups excluding carboxylic acids is 2. The van der Waals surface area contributed by atoms with Crippen molar-refractivity contribution in [3.63, 3.8) is 0 Å². The third kappa shape index (κ3) is 3.14. The zero-order chi connectivity index (χ0) is 9.68. The highest BCUT2D eigenvalue weighted by Gasteiger charge is 2.18. The van der Waals surface area contributed by atoms with Crippen LogP contribution in [-0.2, 0) is 14.3 Å². The number of amides is 1. The summed E-state index contributed by atoms with van der Waals surface area (Å²) in [5.41, 5.74) is 0. The Morgan fingerprint density at radius 1 is 1.31 bits per heavy atom. The topological polar surface area (TPSA) is 46.6 Å². The van der Waals surface area contributed by atoms with E-state index in [0.29, 0.717) is 32.7 Å². The number of morpholine rings is 1. The highest BCUT2D eigenvalue weighted by Crippen LogP contribution is 2.01. The van der Waals surface area contributed by atoms with Gasteiger partial charge >= 0.3 is 0 Å². The number of rotatable bonds is 3. The number of ketones is 1. The Morgan fingerprint density at radius 2 is 1.92 bits per heavy atom. The summed E-state index contributed by atoms with van der Waals surface area (Å²) in [6.45, 7) is 4.19. The molecule has 4 heteroatoms. The SMILES string of the molecule is CCC(=O)CC(=O)N1CCOCC1. The van der Waals surface area contributed by atoms with Gasteiger partial charge in [0.15, 0.2) is 0 Å². The second-order valence-corrected chi connectivity index (χ2v) is 3.06. The van der Waals surface area contributed by atoms with E-state index >= 15 is 0 Å². The molecule has 0 radical (unpaired) electrons. The Balaban J connectivity index is 2.33. The van der Waals surface area contributed by atoms with Crippen LogP contribution in [-0.4, -0.2) is 42.9 Å². The van der Waals surface area contributed by atoms with Gasteiger partial charge in [-0.15, -0.1) is 0 Å². The first kappa shape index (κ1) is 10.2. The summed E-state index contributed by atoms with van der Waals surface area (Å²) in [5.74, 6) is -0.0494. The first-order valence-corrected chi connectivity index (χ1v) is 4.61. The predicted octanol–water partition coefficient (Wildman–Crippen LogP) is 0.214. The molecule has 0 spiro atoms. The van der Waals surface area contributed by atoms with Gasteiger partial charge in [-0.25, -0.2) is 0 Å². The molecule has 1 amide bonds. The van der Waals surface area contributed by atoms with Gasteiger partial charge in [-0.2, -0.15) is 0 Å². The van der Waals surface area contributed by atoms with Crippen molar-refractivity contribution >= 4 is 11.7 Å². The maximum atomic E-state index is 11.4. The lowest BCUT2D eigenvalue weighted by atomic mass is 10.2. The number of hydrogen-bond acceptors (Lipinski definition) is 3. The third-order valence-corrected chi connectivity index (χ3v) is 2.11. The molecule has 74 valence electrons. The van der Waals surface area contributed by atoms with E-state index < -0.39 is 0 Å². The minimum Gasteiger partial charge on any atom is -0.378 e. The van der Waals surface area contributed by atoms with Gasteiger partial charge in [0.05, 0.1) is 19.6 Å². The Hall–Kier alpha value is -0.900. The zero-order valence-electron chi connectivity index (χ0n) is 7.91. The van der Waals surface area contributed by atoms with E-state index in [0.717, 1.165) is 0 Å². The summed E-state index contributed by atoms with van der Waals surface area (Å²) >= 11 is 0. The van der Waals surface area contributed by atoms with E-state index in [4.69, 9.17) is 4.74 Å². The second kappa shape index (κ2) is 4.97. The first-order valence-electron chi connectivity index (χ1n) is 4.61. The van der Waals surface area contributed by atoms with Crippen molar-refractivity contribution in [1.29, 1.82) is 0 Å². The number of carbonyl (C=O) groups is 2. The fourth-order valence-corrected chi connectivity index (χ4v) is 1.22. The maximum absolute atomic E-state index is 11.4. The smallest absolute Gasteiger partial charge is 0.230 e. The van der Waals surface area contributed by atoms with Gasteiger partial charge in [-0.05, 0) is 0 Å².